The van der Waals surface area contributed by atoms with Crippen LogP contribution in [0, 0.1) is 0 Å². The number of rotatable bonds is 7. The minimum absolute atomic E-state index is 0.246. The molecule has 1 unspecified atom stereocenters. The Morgan fingerprint density at radius 1 is 1.35 bits per heavy atom. The first-order chi connectivity index (χ1) is 9.74. The molecule has 0 aliphatic rings. The zero-order chi connectivity index (χ0) is 14.4. The fourth-order valence-corrected chi connectivity index (χ4v) is 3.13. The summed E-state index contributed by atoms with van der Waals surface area (Å²) in [6.07, 6.45) is 4.78. The monoisotopic (exact) mass is 354 g/mol. The van der Waals surface area contributed by atoms with Crippen molar-refractivity contribution in [2.75, 3.05) is 6.54 Å². The molecule has 1 atom stereocenters. The SMILES string of the molecule is CCCc1nnsc1C(Cc1ccc(Br)cn1)NCC. The van der Waals surface area contributed by atoms with E-state index in [2.05, 4.69) is 55.7 Å². The van der Waals surface area contributed by atoms with Crippen LogP contribution in [0.5, 0.6) is 0 Å². The summed E-state index contributed by atoms with van der Waals surface area (Å²) in [6.45, 7) is 5.21. The van der Waals surface area contributed by atoms with Crippen LogP contribution in [0.15, 0.2) is 22.8 Å². The number of likely N-dealkylation sites (N-methyl/N-ethyl adjacent to an activating group) is 1. The molecule has 0 aromatic carbocycles. The molecule has 0 saturated heterocycles. The van der Waals surface area contributed by atoms with E-state index in [-0.39, 0.29) is 6.04 Å². The second-order valence-electron chi connectivity index (χ2n) is 4.62. The lowest BCUT2D eigenvalue weighted by Crippen LogP contribution is -2.23. The lowest BCUT2D eigenvalue weighted by atomic mass is 10.1. The Hall–Kier alpha value is -0.850. The van der Waals surface area contributed by atoms with Gasteiger partial charge in [0.05, 0.1) is 16.6 Å². The second-order valence-corrected chi connectivity index (χ2v) is 6.32. The number of aromatic nitrogens is 3. The number of pyridine rings is 1. The van der Waals surface area contributed by atoms with Gasteiger partial charge in [0.25, 0.3) is 0 Å². The Bertz CT molecular complexity index is 526. The van der Waals surface area contributed by atoms with Crippen molar-refractivity contribution in [1.29, 1.82) is 0 Å². The van der Waals surface area contributed by atoms with Gasteiger partial charge < -0.3 is 5.32 Å². The van der Waals surface area contributed by atoms with E-state index in [0.717, 1.165) is 41.7 Å². The summed E-state index contributed by atoms with van der Waals surface area (Å²) in [5.74, 6) is 0. The maximum atomic E-state index is 4.46. The van der Waals surface area contributed by atoms with Crippen LogP contribution in [0.1, 0.15) is 42.6 Å². The zero-order valence-corrected chi connectivity index (χ0v) is 14.2. The second kappa shape index (κ2) is 7.81. The van der Waals surface area contributed by atoms with Gasteiger partial charge in [-0.25, -0.2) is 0 Å². The highest BCUT2D eigenvalue weighted by Crippen LogP contribution is 2.25. The Labute approximate surface area is 132 Å². The van der Waals surface area contributed by atoms with Crippen LogP contribution in [-0.2, 0) is 12.8 Å². The molecule has 20 heavy (non-hydrogen) atoms. The molecule has 0 spiro atoms. The van der Waals surface area contributed by atoms with Gasteiger partial charge in [-0.15, -0.1) is 5.10 Å². The number of aryl methyl sites for hydroxylation is 1. The van der Waals surface area contributed by atoms with Gasteiger partial charge in [-0.2, -0.15) is 0 Å². The maximum absolute atomic E-state index is 4.46. The van der Waals surface area contributed by atoms with Crippen molar-refractivity contribution in [3.8, 4) is 0 Å². The van der Waals surface area contributed by atoms with Crippen molar-refractivity contribution in [1.82, 2.24) is 19.9 Å². The minimum atomic E-state index is 0.246. The number of halogens is 1. The van der Waals surface area contributed by atoms with E-state index in [9.17, 15) is 0 Å². The fourth-order valence-electron chi connectivity index (χ4n) is 2.13. The molecule has 4 nitrogen and oxygen atoms in total. The highest BCUT2D eigenvalue weighted by Gasteiger charge is 2.19. The lowest BCUT2D eigenvalue weighted by Gasteiger charge is -2.16. The molecule has 108 valence electrons. The molecule has 0 aliphatic heterocycles. The molecule has 0 fully saturated rings. The van der Waals surface area contributed by atoms with Crippen LogP contribution < -0.4 is 5.32 Å². The quantitative estimate of drug-likeness (QED) is 0.825. The van der Waals surface area contributed by atoms with E-state index in [4.69, 9.17) is 0 Å². The predicted molar refractivity (Wildman–Crippen MR) is 86.0 cm³/mol. The maximum Gasteiger partial charge on any atom is 0.0803 e. The average Bonchev–Trinajstić information content (AvgIpc) is 2.89. The van der Waals surface area contributed by atoms with Crippen LogP contribution in [-0.4, -0.2) is 21.1 Å². The summed E-state index contributed by atoms with van der Waals surface area (Å²) in [4.78, 5) is 5.71. The van der Waals surface area contributed by atoms with E-state index in [1.807, 2.05) is 12.3 Å². The molecule has 0 amide bonds. The van der Waals surface area contributed by atoms with Crippen LogP contribution in [0.2, 0.25) is 0 Å². The third kappa shape index (κ3) is 4.07. The zero-order valence-electron chi connectivity index (χ0n) is 11.8. The van der Waals surface area contributed by atoms with Crippen molar-refractivity contribution in [2.24, 2.45) is 0 Å². The number of nitrogens with zero attached hydrogens (tertiary/aromatic N) is 3. The minimum Gasteiger partial charge on any atom is -0.309 e. The van der Waals surface area contributed by atoms with Gasteiger partial charge in [0, 0.05) is 22.8 Å². The number of nitrogens with one attached hydrogen (secondary N) is 1. The Morgan fingerprint density at radius 3 is 2.85 bits per heavy atom. The van der Waals surface area contributed by atoms with Gasteiger partial charge in [-0.05, 0) is 52.6 Å². The van der Waals surface area contributed by atoms with Crippen LogP contribution in [0.3, 0.4) is 0 Å². The van der Waals surface area contributed by atoms with E-state index in [1.54, 1.807) is 0 Å². The summed E-state index contributed by atoms with van der Waals surface area (Å²) in [6, 6.07) is 4.33. The molecule has 2 heterocycles. The van der Waals surface area contributed by atoms with Crippen LogP contribution in [0.25, 0.3) is 0 Å². The highest BCUT2D eigenvalue weighted by molar-refractivity contribution is 9.10. The van der Waals surface area contributed by atoms with Crippen molar-refractivity contribution in [3.63, 3.8) is 0 Å². The molecule has 2 aromatic rings. The standard InChI is InChI=1S/C14H19BrN4S/c1-3-5-12-14(20-19-18-12)13(16-4-2)8-11-7-6-10(15)9-17-11/h6-7,9,13,16H,3-5,8H2,1-2H3. The van der Waals surface area contributed by atoms with Gasteiger partial charge in [0.15, 0.2) is 0 Å². The summed E-state index contributed by atoms with van der Waals surface area (Å²) in [5, 5.41) is 7.79. The normalized spacial score (nSPS) is 12.6. The number of hydrogen-bond acceptors (Lipinski definition) is 5. The van der Waals surface area contributed by atoms with E-state index in [0.29, 0.717) is 0 Å². The van der Waals surface area contributed by atoms with Crippen LogP contribution in [0.4, 0.5) is 0 Å². The average molecular weight is 355 g/mol. The van der Waals surface area contributed by atoms with Crippen LogP contribution >= 0.6 is 27.5 Å². The van der Waals surface area contributed by atoms with Gasteiger partial charge in [0.2, 0.25) is 0 Å². The molecular formula is C14H19BrN4S. The number of hydrogen-bond donors (Lipinski definition) is 1. The molecule has 0 bridgehead atoms. The third-order valence-electron chi connectivity index (χ3n) is 3.04. The predicted octanol–water partition coefficient (Wildman–Crippen LogP) is 3.54. The summed E-state index contributed by atoms with van der Waals surface area (Å²) in [5.41, 5.74) is 2.20. The van der Waals surface area contributed by atoms with Crippen molar-refractivity contribution >= 4 is 27.5 Å². The molecule has 1 N–H and O–H groups in total. The Kier molecular flexibility index (Phi) is 6.06. The largest absolute Gasteiger partial charge is 0.309 e. The first-order valence-corrected chi connectivity index (χ1v) is 8.46. The van der Waals surface area contributed by atoms with Gasteiger partial charge >= 0.3 is 0 Å². The summed E-state index contributed by atoms with van der Waals surface area (Å²) >= 11 is 4.92. The fraction of sp³-hybridized carbons (Fsp3) is 0.500. The molecular weight excluding hydrogens is 336 g/mol. The topological polar surface area (TPSA) is 50.7 Å². The highest BCUT2D eigenvalue weighted by atomic mass is 79.9. The smallest absolute Gasteiger partial charge is 0.0803 e. The molecule has 2 rings (SSSR count). The van der Waals surface area contributed by atoms with Gasteiger partial charge in [0.1, 0.15) is 0 Å². The third-order valence-corrected chi connectivity index (χ3v) is 4.39. The Morgan fingerprint density at radius 2 is 2.20 bits per heavy atom. The summed E-state index contributed by atoms with van der Waals surface area (Å²) in [7, 11) is 0. The molecule has 0 saturated carbocycles. The van der Waals surface area contributed by atoms with Gasteiger partial charge in [-0.3, -0.25) is 4.98 Å². The van der Waals surface area contributed by atoms with Crippen molar-refractivity contribution in [2.45, 2.75) is 39.2 Å². The molecule has 0 radical (unpaired) electrons. The van der Waals surface area contributed by atoms with E-state index >= 15 is 0 Å². The first kappa shape index (κ1) is 15.5. The van der Waals surface area contributed by atoms with E-state index < -0.39 is 0 Å². The van der Waals surface area contributed by atoms with E-state index in [1.165, 1.54) is 16.4 Å². The van der Waals surface area contributed by atoms with Crippen molar-refractivity contribution < 1.29 is 0 Å². The molecule has 6 heteroatoms. The summed E-state index contributed by atoms with van der Waals surface area (Å²) < 4.78 is 5.13. The van der Waals surface area contributed by atoms with Gasteiger partial charge in [-0.1, -0.05) is 24.8 Å². The molecule has 2 aromatic heterocycles. The van der Waals surface area contributed by atoms with Crippen molar-refractivity contribution in [3.05, 3.63) is 39.1 Å². The lowest BCUT2D eigenvalue weighted by molar-refractivity contribution is 0.546. The molecule has 0 aliphatic carbocycles. The first-order valence-electron chi connectivity index (χ1n) is 6.89. The Balaban J connectivity index is 2.17.